The quantitative estimate of drug-likeness (QED) is 0.661. The summed E-state index contributed by atoms with van der Waals surface area (Å²) in [6.45, 7) is 0. The average molecular weight is 401 g/mol. The molecule has 144 valence electrons. The Bertz CT molecular complexity index is 1080. The van der Waals surface area contributed by atoms with Crippen LogP contribution in [0.2, 0.25) is 0 Å². The van der Waals surface area contributed by atoms with E-state index in [2.05, 4.69) is 15.0 Å². The molecular weight excluding hydrogens is 385 g/mol. The molecule has 2 N–H and O–H groups in total. The minimum atomic E-state index is -3.86. The van der Waals surface area contributed by atoms with Crippen LogP contribution in [0.3, 0.4) is 0 Å². The number of aromatic nitrogens is 1. The molecule has 2 aromatic carbocycles. The first-order valence-electron chi connectivity index (χ1n) is 8.06. The number of carbonyl (C=O) groups is 1. The van der Waals surface area contributed by atoms with Gasteiger partial charge in [0, 0.05) is 11.9 Å². The van der Waals surface area contributed by atoms with Crippen LogP contribution >= 0.6 is 0 Å². The number of ether oxygens (including phenoxy) is 1. The monoisotopic (exact) mass is 401 g/mol. The van der Waals surface area contributed by atoms with Gasteiger partial charge in [-0.2, -0.15) is 0 Å². The van der Waals surface area contributed by atoms with Crippen molar-refractivity contribution in [3.8, 4) is 5.75 Å². The SMILES string of the molecule is COc1ccc(S(=O)(=O)Nc2cncc(C(=O)Nc3ccc(F)cc3)c2)cc1. The Morgan fingerprint density at radius 2 is 1.68 bits per heavy atom. The number of halogens is 1. The second-order valence-corrected chi connectivity index (χ2v) is 7.39. The second-order valence-electron chi connectivity index (χ2n) is 5.70. The summed E-state index contributed by atoms with van der Waals surface area (Å²) >= 11 is 0. The summed E-state index contributed by atoms with van der Waals surface area (Å²) in [4.78, 5) is 16.3. The summed E-state index contributed by atoms with van der Waals surface area (Å²) in [5.41, 5.74) is 0.664. The number of amides is 1. The van der Waals surface area contributed by atoms with E-state index in [1.807, 2.05) is 0 Å². The highest BCUT2D eigenvalue weighted by atomic mass is 32.2. The minimum absolute atomic E-state index is 0.0365. The van der Waals surface area contributed by atoms with Gasteiger partial charge in [0.05, 0.1) is 29.5 Å². The summed E-state index contributed by atoms with van der Waals surface area (Å²) in [6, 6.07) is 12.5. The summed E-state index contributed by atoms with van der Waals surface area (Å²) in [6.07, 6.45) is 2.58. The normalized spacial score (nSPS) is 10.9. The Balaban J connectivity index is 1.76. The number of methoxy groups -OCH3 is 1. The lowest BCUT2D eigenvalue weighted by molar-refractivity contribution is 0.102. The van der Waals surface area contributed by atoms with Gasteiger partial charge in [-0.1, -0.05) is 0 Å². The first-order valence-corrected chi connectivity index (χ1v) is 9.54. The van der Waals surface area contributed by atoms with Gasteiger partial charge < -0.3 is 10.1 Å². The molecule has 28 heavy (non-hydrogen) atoms. The van der Waals surface area contributed by atoms with E-state index in [-0.39, 0.29) is 16.1 Å². The molecular formula is C19H16FN3O4S. The van der Waals surface area contributed by atoms with Gasteiger partial charge in [-0.25, -0.2) is 12.8 Å². The zero-order valence-electron chi connectivity index (χ0n) is 14.7. The van der Waals surface area contributed by atoms with Crippen LogP contribution < -0.4 is 14.8 Å². The second kappa shape index (κ2) is 8.05. The van der Waals surface area contributed by atoms with Gasteiger partial charge in [0.1, 0.15) is 11.6 Å². The maximum absolute atomic E-state index is 12.9. The maximum Gasteiger partial charge on any atom is 0.261 e. The van der Waals surface area contributed by atoms with Crippen molar-refractivity contribution < 1.29 is 22.3 Å². The molecule has 9 heteroatoms. The van der Waals surface area contributed by atoms with Crippen LogP contribution in [0, 0.1) is 5.82 Å². The standard InChI is InChI=1S/C19H16FN3O4S/c1-27-17-6-8-18(9-7-17)28(25,26)23-16-10-13(11-21-12-16)19(24)22-15-4-2-14(20)3-5-15/h2-12,23H,1H3,(H,22,24). The van der Waals surface area contributed by atoms with Crippen molar-refractivity contribution in [1.29, 1.82) is 0 Å². The Morgan fingerprint density at radius 1 is 1.00 bits per heavy atom. The lowest BCUT2D eigenvalue weighted by atomic mass is 10.2. The van der Waals surface area contributed by atoms with E-state index in [4.69, 9.17) is 4.74 Å². The first kappa shape index (κ1) is 19.3. The van der Waals surface area contributed by atoms with Gasteiger partial charge in [-0.15, -0.1) is 0 Å². The summed E-state index contributed by atoms with van der Waals surface area (Å²) in [5, 5.41) is 2.58. The smallest absolute Gasteiger partial charge is 0.261 e. The topological polar surface area (TPSA) is 97.4 Å². The molecule has 1 amide bonds. The summed E-state index contributed by atoms with van der Waals surface area (Å²) in [5.74, 6) is -0.403. The molecule has 1 heterocycles. The number of benzene rings is 2. The van der Waals surface area contributed by atoms with Crippen molar-refractivity contribution in [3.63, 3.8) is 0 Å². The van der Waals surface area contributed by atoms with Gasteiger partial charge in [-0.3, -0.25) is 14.5 Å². The number of anilines is 2. The lowest BCUT2D eigenvalue weighted by Gasteiger charge is -2.10. The Morgan fingerprint density at radius 3 is 2.32 bits per heavy atom. The molecule has 0 aliphatic rings. The lowest BCUT2D eigenvalue weighted by Crippen LogP contribution is -2.15. The van der Waals surface area contributed by atoms with Crippen LogP contribution in [0.4, 0.5) is 15.8 Å². The third-order valence-electron chi connectivity index (χ3n) is 3.72. The molecule has 3 aromatic rings. The largest absolute Gasteiger partial charge is 0.497 e. The van der Waals surface area contributed by atoms with Crippen molar-refractivity contribution in [2.75, 3.05) is 17.1 Å². The number of pyridine rings is 1. The van der Waals surface area contributed by atoms with Gasteiger partial charge in [0.2, 0.25) is 0 Å². The first-order chi connectivity index (χ1) is 13.4. The van der Waals surface area contributed by atoms with Gasteiger partial charge in [-0.05, 0) is 54.6 Å². The summed E-state index contributed by atoms with van der Waals surface area (Å²) in [7, 11) is -2.38. The Kier molecular flexibility index (Phi) is 5.55. The fourth-order valence-corrected chi connectivity index (χ4v) is 3.36. The van der Waals surface area contributed by atoms with Crippen molar-refractivity contribution in [1.82, 2.24) is 4.98 Å². The molecule has 0 saturated heterocycles. The molecule has 7 nitrogen and oxygen atoms in total. The van der Waals surface area contributed by atoms with E-state index in [1.54, 1.807) is 0 Å². The molecule has 0 spiro atoms. The number of hydrogen-bond donors (Lipinski definition) is 2. The van der Waals surface area contributed by atoms with E-state index in [0.29, 0.717) is 11.4 Å². The number of carbonyl (C=O) groups excluding carboxylic acids is 1. The minimum Gasteiger partial charge on any atom is -0.497 e. The molecule has 0 aliphatic carbocycles. The number of sulfonamides is 1. The van der Waals surface area contributed by atoms with Crippen LogP contribution in [0.1, 0.15) is 10.4 Å². The van der Waals surface area contributed by atoms with Gasteiger partial charge >= 0.3 is 0 Å². The fourth-order valence-electron chi connectivity index (χ4n) is 2.33. The maximum atomic E-state index is 12.9. The van der Waals surface area contributed by atoms with E-state index in [9.17, 15) is 17.6 Å². The molecule has 0 bridgehead atoms. The third-order valence-corrected chi connectivity index (χ3v) is 5.12. The predicted molar refractivity (Wildman–Crippen MR) is 102 cm³/mol. The van der Waals surface area contributed by atoms with Gasteiger partial charge in [0.15, 0.2) is 0 Å². The number of nitrogens with zero attached hydrogens (tertiary/aromatic N) is 1. The Hall–Kier alpha value is -3.46. The predicted octanol–water partition coefficient (Wildman–Crippen LogP) is 3.28. The van der Waals surface area contributed by atoms with Crippen LogP contribution in [0.5, 0.6) is 5.75 Å². The molecule has 1 aromatic heterocycles. The zero-order valence-corrected chi connectivity index (χ0v) is 15.5. The van der Waals surface area contributed by atoms with Crippen LogP contribution in [-0.2, 0) is 10.0 Å². The van der Waals surface area contributed by atoms with Crippen molar-refractivity contribution >= 4 is 27.3 Å². The summed E-state index contributed by atoms with van der Waals surface area (Å²) < 4.78 is 45.3. The highest BCUT2D eigenvalue weighted by Gasteiger charge is 2.16. The molecule has 0 atom stereocenters. The van der Waals surface area contributed by atoms with E-state index in [0.717, 1.165) is 0 Å². The van der Waals surface area contributed by atoms with Crippen LogP contribution in [0.25, 0.3) is 0 Å². The van der Waals surface area contributed by atoms with Crippen LogP contribution in [0.15, 0.2) is 71.9 Å². The molecule has 0 unspecified atom stereocenters. The highest BCUT2D eigenvalue weighted by Crippen LogP contribution is 2.20. The van der Waals surface area contributed by atoms with E-state index >= 15 is 0 Å². The molecule has 0 fully saturated rings. The molecule has 0 aliphatic heterocycles. The highest BCUT2D eigenvalue weighted by molar-refractivity contribution is 7.92. The average Bonchev–Trinajstić information content (AvgIpc) is 2.69. The number of hydrogen-bond acceptors (Lipinski definition) is 5. The van der Waals surface area contributed by atoms with Gasteiger partial charge in [0.25, 0.3) is 15.9 Å². The fraction of sp³-hybridized carbons (Fsp3) is 0.0526. The number of nitrogens with one attached hydrogen (secondary N) is 2. The molecule has 0 radical (unpaired) electrons. The Labute approximate surface area is 161 Å². The van der Waals surface area contributed by atoms with Crippen LogP contribution in [-0.4, -0.2) is 26.4 Å². The zero-order chi connectivity index (χ0) is 20.1. The van der Waals surface area contributed by atoms with E-state index < -0.39 is 21.7 Å². The third kappa shape index (κ3) is 4.63. The molecule has 3 rings (SSSR count). The van der Waals surface area contributed by atoms with Crippen molar-refractivity contribution in [2.24, 2.45) is 0 Å². The molecule has 0 saturated carbocycles. The van der Waals surface area contributed by atoms with Crippen molar-refractivity contribution in [2.45, 2.75) is 4.90 Å². The number of rotatable bonds is 6. The van der Waals surface area contributed by atoms with E-state index in [1.165, 1.54) is 74.1 Å². The van der Waals surface area contributed by atoms with Crippen molar-refractivity contribution in [3.05, 3.63) is 78.4 Å².